The first-order chi connectivity index (χ1) is 12.9. The first-order valence-electron chi connectivity index (χ1n) is 9.49. The predicted octanol–water partition coefficient (Wildman–Crippen LogP) is 3.57. The Bertz CT molecular complexity index is 908. The number of fused-ring (bicyclic) bond motifs is 1. The maximum absolute atomic E-state index is 12.9. The first kappa shape index (κ1) is 17.6. The van der Waals surface area contributed by atoms with E-state index in [4.69, 9.17) is 0 Å². The summed E-state index contributed by atoms with van der Waals surface area (Å²) in [6.45, 7) is 6.67. The summed E-state index contributed by atoms with van der Waals surface area (Å²) in [5.41, 5.74) is 5.43. The van der Waals surface area contributed by atoms with Crippen LogP contribution in [0.5, 0.6) is 0 Å². The fraction of sp³-hybridized carbons (Fsp3) is 0.364. The summed E-state index contributed by atoms with van der Waals surface area (Å²) in [6.07, 6.45) is 1.20. The lowest BCUT2D eigenvalue weighted by molar-refractivity contribution is -0.117. The molecule has 2 atom stereocenters. The monoisotopic (exact) mass is 363 g/mol. The molecule has 5 heteroatoms. The van der Waals surface area contributed by atoms with Crippen molar-refractivity contribution < 1.29 is 9.59 Å². The van der Waals surface area contributed by atoms with Crippen molar-refractivity contribution in [3.8, 4) is 0 Å². The number of nitrogens with one attached hydrogen (secondary N) is 1. The zero-order chi connectivity index (χ0) is 19.1. The summed E-state index contributed by atoms with van der Waals surface area (Å²) in [4.78, 5) is 29.0. The number of nitrogens with zero attached hydrogens (tertiary/aromatic N) is 2. The van der Waals surface area contributed by atoms with Crippen LogP contribution in [0.25, 0.3) is 0 Å². The summed E-state index contributed by atoms with van der Waals surface area (Å²) in [6, 6.07) is 13.9. The molecule has 1 N–H and O–H groups in total. The van der Waals surface area contributed by atoms with Crippen LogP contribution in [0, 0.1) is 13.8 Å². The van der Waals surface area contributed by atoms with Gasteiger partial charge in [-0.25, -0.2) is 4.79 Å². The Morgan fingerprint density at radius 2 is 1.85 bits per heavy atom. The smallest absolute Gasteiger partial charge is 0.322 e. The number of amides is 3. The number of hydrogen-bond donors (Lipinski definition) is 1. The quantitative estimate of drug-likeness (QED) is 0.887. The predicted molar refractivity (Wildman–Crippen MR) is 107 cm³/mol. The molecular weight excluding hydrogens is 338 g/mol. The molecule has 4 rings (SSSR count). The van der Waals surface area contributed by atoms with Gasteiger partial charge in [-0.3, -0.25) is 9.69 Å². The summed E-state index contributed by atoms with van der Waals surface area (Å²) in [5, 5.41) is 3.07. The molecule has 2 aliphatic rings. The highest BCUT2D eigenvalue weighted by atomic mass is 16.2. The number of anilines is 2. The van der Waals surface area contributed by atoms with Gasteiger partial charge in [0.25, 0.3) is 0 Å². The van der Waals surface area contributed by atoms with Crippen molar-refractivity contribution in [2.45, 2.75) is 45.7 Å². The van der Waals surface area contributed by atoms with Gasteiger partial charge >= 0.3 is 6.03 Å². The Balaban J connectivity index is 1.47. The van der Waals surface area contributed by atoms with Crippen molar-refractivity contribution >= 4 is 23.3 Å². The molecule has 2 heterocycles. The Kier molecular flexibility index (Phi) is 4.38. The molecule has 0 aliphatic carbocycles. The van der Waals surface area contributed by atoms with Crippen LogP contribution in [0.1, 0.15) is 30.0 Å². The van der Waals surface area contributed by atoms with Gasteiger partial charge in [0.05, 0.1) is 6.04 Å². The zero-order valence-corrected chi connectivity index (χ0v) is 16.0. The topological polar surface area (TPSA) is 52.7 Å². The fourth-order valence-corrected chi connectivity index (χ4v) is 4.07. The number of urea groups is 1. The molecule has 2 aromatic carbocycles. The molecule has 140 valence electrons. The lowest BCUT2D eigenvalue weighted by atomic mass is 10.1. The fourth-order valence-electron chi connectivity index (χ4n) is 4.07. The summed E-state index contributed by atoms with van der Waals surface area (Å²) >= 11 is 0. The number of para-hydroxylation sites is 1. The van der Waals surface area contributed by atoms with Gasteiger partial charge in [-0.1, -0.05) is 24.3 Å². The second-order valence-electron chi connectivity index (χ2n) is 7.68. The lowest BCUT2D eigenvalue weighted by Crippen LogP contribution is -2.48. The SMILES string of the molecule is Cc1ccc(N2C[C@H](NC(=O)N3c4ccccc4C[C@@H]3C)CC2=O)cc1C. The van der Waals surface area contributed by atoms with E-state index in [0.717, 1.165) is 23.4 Å². The van der Waals surface area contributed by atoms with Crippen molar-refractivity contribution in [3.63, 3.8) is 0 Å². The molecule has 5 nitrogen and oxygen atoms in total. The highest BCUT2D eigenvalue weighted by Crippen LogP contribution is 2.32. The minimum atomic E-state index is -0.174. The van der Waals surface area contributed by atoms with E-state index in [1.54, 1.807) is 4.90 Å². The Morgan fingerprint density at radius 3 is 2.63 bits per heavy atom. The van der Waals surface area contributed by atoms with E-state index in [-0.39, 0.29) is 24.0 Å². The molecule has 0 radical (unpaired) electrons. The van der Waals surface area contributed by atoms with Gasteiger partial charge in [-0.2, -0.15) is 0 Å². The molecule has 0 unspecified atom stereocenters. The van der Waals surface area contributed by atoms with E-state index < -0.39 is 0 Å². The van der Waals surface area contributed by atoms with Crippen LogP contribution in [-0.4, -0.2) is 30.6 Å². The van der Waals surface area contributed by atoms with E-state index in [0.29, 0.717) is 13.0 Å². The van der Waals surface area contributed by atoms with Crippen molar-refractivity contribution in [3.05, 3.63) is 59.2 Å². The molecule has 0 saturated carbocycles. The number of hydrogen-bond acceptors (Lipinski definition) is 2. The van der Waals surface area contributed by atoms with Gasteiger partial charge < -0.3 is 10.2 Å². The first-order valence-corrected chi connectivity index (χ1v) is 9.49. The summed E-state index contributed by atoms with van der Waals surface area (Å²) < 4.78 is 0. The number of carbonyl (C=O) groups excluding carboxylic acids is 2. The molecule has 2 aliphatic heterocycles. The third-order valence-electron chi connectivity index (χ3n) is 5.68. The molecule has 2 aromatic rings. The average molecular weight is 363 g/mol. The molecule has 1 fully saturated rings. The highest BCUT2D eigenvalue weighted by molar-refractivity contribution is 5.99. The highest BCUT2D eigenvalue weighted by Gasteiger charge is 2.35. The van der Waals surface area contributed by atoms with Crippen molar-refractivity contribution in [2.75, 3.05) is 16.3 Å². The van der Waals surface area contributed by atoms with Crippen LogP contribution in [-0.2, 0) is 11.2 Å². The van der Waals surface area contributed by atoms with Crippen LogP contribution >= 0.6 is 0 Å². The standard InChI is InChI=1S/C22H25N3O2/c1-14-8-9-19(10-15(14)2)24-13-18(12-21(24)26)23-22(27)25-16(3)11-17-6-4-5-7-20(17)25/h4-10,16,18H,11-13H2,1-3H3,(H,23,27)/t16-,18+/m0/s1. The van der Waals surface area contributed by atoms with E-state index in [2.05, 4.69) is 25.2 Å². The maximum atomic E-state index is 12.9. The van der Waals surface area contributed by atoms with Gasteiger partial charge in [0, 0.05) is 30.4 Å². The van der Waals surface area contributed by atoms with Crippen molar-refractivity contribution in [2.24, 2.45) is 0 Å². The molecule has 27 heavy (non-hydrogen) atoms. The third kappa shape index (κ3) is 3.18. The van der Waals surface area contributed by atoms with Crippen LogP contribution in [0.4, 0.5) is 16.2 Å². The number of aryl methyl sites for hydroxylation is 2. The zero-order valence-electron chi connectivity index (χ0n) is 16.0. The van der Waals surface area contributed by atoms with Gasteiger partial charge in [-0.15, -0.1) is 0 Å². The van der Waals surface area contributed by atoms with Gasteiger partial charge in [0.15, 0.2) is 0 Å². The molecule has 0 aromatic heterocycles. The Hall–Kier alpha value is -2.82. The van der Waals surface area contributed by atoms with Crippen molar-refractivity contribution in [1.82, 2.24) is 5.32 Å². The summed E-state index contributed by atoms with van der Waals surface area (Å²) in [5.74, 6) is 0.0541. The van der Waals surface area contributed by atoms with Crippen LogP contribution in [0.3, 0.4) is 0 Å². The minimum absolute atomic E-state index is 0.0541. The van der Waals surface area contributed by atoms with E-state index in [1.165, 1.54) is 11.1 Å². The van der Waals surface area contributed by atoms with E-state index >= 15 is 0 Å². The van der Waals surface area contributed by atoms with E-state index in [1.807, 2.05) is 48.2 Å². The van der Waals surface area contributed by atoms with Gasteiger partial charge in [0.1, 0.15) is 0 Å². The average Bonchev–Trinajstić information content (AvgIpc) is 3.16. The summed E-state index contributed by atoms with van der Waals surface area (Å²) in [7, 11) is 0. The minimum Gasteiger partial charge on any atom is -0.333 e. The number of rotatable bonds is 2. The number of benzene rings is 2. The molecule has 3 amide bonds. The molecule has 0 spiro atoms. The van der Waals surface area contributed by atoms with E-state index in [9.17, 15) is 9.59 Å². The van der Waals surface area contributed by atoms with Crippen molar-refractivity contribution in [1.29, 1.82) is 0 Å². The van der Waals surface area contributed by atoms with Crippen LogP contribution < -0.4 is 15.1 Å². The second kappa shape index (κ2) is 6.72. The largest absolute Gasteiger partial charge is 0.333 e. The molecule has 0 bridgehead atoms. The Morgan fingerprint density at radius 1 is 1.07 bits per heavy atom. The lowest BCUT2D eigenvalue weighted by Gasteiger charge is -2.25. The van der Waals surface area contributed by atoms with Gasteiger partial charge in [-0.05, 0) is 62.1 Å². The van der Waals surface area contributed by atoms with Crippen LogP contribution in [0.15, 0.2) is 42.5 Å². The third-order valence-corrected chi connectivity index (χ3v) is 5.68. The molecular formula is C22H25N3O2. The van der Waals surface area contributed by atoms with Crippen LogP contribution in [0.2, 0.25) is 0 Å². The molecule has 1 saturated heterocycles. The maximum Gasteiger partial charge on any atom is 0.322 e. The second-order valence-corrected chi connectivity index (χ2v) is 7.68. The van der Waals surface area contributed by atoms with Gasteiger partial charge in [0.2, 0.25) is 5.91 Å². The number of carbonyl (C=O) groups is 2. The normalized spacial score (nSPS) is 21.5. The Labute approximate surface area is 160 Å².